The summed E-state index contributed by atoms with van der Waals surface area (Å²) in [5.74, 6) is 3.57. The maximum Gasteiger partial charge on any atom is 0.107 e. The molecule has 0 saturated heterocycles. The van der Waals surface area contributed by atoms with E-state index in [-0.39, 0.29) is 0 Å². The number of hydrogen-bond donors (Lipinski definition) is 0. The molecule has 2 rings (SSSR count). The summed E-state index contributed by atoms with van der Waals surface area (Å²) in [4.78, 5) is 4.51. The van der Waals surface area contributed by atoms with Gasteiger partial charge in [0, 0.05) is 6.54 Å². The molecule has 0 bridgehead atoms. The molecule has 0 N–H and O–H groups in total. The molecule has 0 unspecified atom stereocenters. The van der Waals surface area contributed by atoms with Crippen LogP contribution >= 0.6 is 0 Å². The first-order chi connectivity index (χ1) is 7.72. The van der Waals surface area contributed by atoms with E-state index in [0.717, 1.165) is 29.0 Å². The second kappa shape index (κ2) is 4.24. The first-order valence-electron chi connectivity index (χ1n) is 5.26. The summed E-state index contributed by atoms with van der Waals surface area (Å²) in [6.07, 6.45) is 7.06. The highest BCUT2D eigenvalue weighted by Gasteiger charge is 2.06. The van der Waals surface area contributed by atoms with Gasteiger partial charge in [0.25, 0.3) is 0 Å². The van der Waals surface area contributed by atoms with Gasteiger partial charge >= 0.3 is 0 Å². The van der Waals surface area contributed by atoms with Crippen molar-refractivity contribution in [1.82, 2.24) is 9.55 Å². The number of imidazole rings is 1. The summed E-state index contributed by atoms with van der Waals surface area (Å²) in [6, 6.07) is 8.14. The number of para-hydroxylation sites is 2. The first kappa shape index (κ1) is 10.5. The summed E-state index contributed by atoms with van der Waals surface area (Å²) >= 11 is 0. The lowest BCUT2D eigenvalue weighted by Gasteiger charge is -2.06. The maximum atomic E-state index is 5.26. The lowest BCUT2D eigenvalue weighted by atomic mass is 10.2. The van der Waals surface area contributed by atoms with E-state index in [4.69, 9.17) is 6.42 Å². The smallest absolute Gasteiger partial charge is 0.107 e. The zero-order chi connectivity index (χ0) is 11.5. The molecule has 0 radical (unpaired) electrons. The number of aromatic nitrogens is 2. The molecule has 1 aromatic carbocycles. The average molecular weight is 210 g/mol. The van der Waals surface area contributed by atoms with Crippen LogP contribution in [0.3, 0.4) is 0 Å². The third-order valence-corrected chi connectivity index (χ3v) is 2.58. The Hall–Kier alpha value is -2.01. The first-order valence-corrected chi connectivity index (χ1v) is 5.26. The van der Waals surface area contributed by atoms with Gasteiger partial charge in [0.2, 0.25) is 0 Å². The van der Waals surface area contributed by atoms with Crippen molar-refractivity contribution in [3.8, 4) is 12.3 Å². The van der Waals surface area contributed by atoms with E-state index in [1.165, 1.54) is 0 Å². The Labute approximate surface area is 95.6 Å². The van der Waals surface area contributed by atoms with Gasteiger partial charge in [-0.3, -0.25) is 0 Å². The Balaban J connectivity index is 2.48. The van der Waals surface area contributed by atoms with Crippen LogP contribution in [0.5, 0.6) is 0 Å². The minimum absolute atomic E-state index is 0.802. The van der Waals surface area contributed by atoms with Crippen LogP contribution in [0.25, 0.3) is 11.0 Å². The van der Waals surface area contributed by atoms with Crippen molar-refractivity contribution in [1.29, 1.82) is 0 Å². The third kappa shape index (κ3) is 1.85. The van der Waals surface area contributed by atoms with Gasteiger partial charge < -0.3 is 4.57 Å². The lowest BCUT2D eigenvalue weighted by Crippen LogP contribution is -2.01. The van der Waals surface area contributed by atoms with Crippen LogP contribution in [-0.2, 0) is 6.54 Å². The number of fused-ring (bicyclic) bond motifs is 1. The zero-order valence-electron chi connectivity index (χ0n) is 9.57. The maximum absolute atomic E-state index is 5.26. The zero-order valence-corrected chi connectivity index (χ0v) is 9.57. The van der Waals surface area contributed by atoms with Crippen LogP contribution in [0.2, 0.25) is 0 Å². The molecule has 0 aliphatic rings. The molecule has 2 heteroatoms. The van der Waals surface area contributed by atoms with Crippen LogP contribution in [0.1, 0.15) is 12.7 Å². The predicted octanol–water partition coefficient (Wildman–Crippen LogP) is 2.92. The SMILES string of the molecule is C#C/C=C(\C)Cn1c(C)nc2ccccc21. The molecule has 0 fully saturated rings. The molecule has 0 atom stereocenters. The number of aryl methyl sites for hydroxylation is 1. The minimum Gasteiger partial charge on any atom is -0.324 e. The van der Waals surface area contributed by atoms with E-state index < -0.39 is 0 Å². The molecular formula is C14H14N2. The van der Waals surface area contributed by atoms with Crippen LogP contribution < -0.4 is 0 Å². The summed E-state index contributed by atoms with van der Waals surface area (Å²) in [5, 5.41) is 0. The molecule has 2 aromatic rings. The standard InChI is InChI=1S/C14H14N2/c1-4-7-11(2)10-16-12(3)15-13-8-5-6-9-14(13)16/h1,5-9H,10H2,2-3H3/b11-7+. The molecule has 1 aromatic heterocycles. The molecule has 2 nitrogen and oxygen atoms in total. The summed E-state index contributed by atoms with van der Waals surface area (Å²) in [7, 11) is 0. The molecule has 0 amide bonds. The van der Waals surface area contributed by atoms with Crippen molar-refractivity contribution >= 4 is 11.0 Å². The quantitative estimate of drug-likeness (QED) is 0.697. The third-order valence-electron chi connectivity index (χ3n) is 2.58. The van der Waals surface area contributed by atoms with Crippen molar-refractivity contribution in [3.63, 3.8) is 0 Å². The number of rotatable bonds is 2. The number of benzene rings is 1. The molecule has 0 saturated carbocycles. The van der Waals surface area contributed by atoms with Crippen molar-refractivity contribution in [2.24, 2.45) is 0 Å². The fourth-order valence-corrected chi connectivity index (χ4v) is 1.83. The van der Waals surface area contributed by atoms with Crippen LogP contribution in [-0.4, -0.2) is 9.55 Å². The van der Waals surface area contributed by atoms with Crippen molar-refractivity contribution < 1.29 is 0 Å². The van der Waals surface area contributed by atoms with E-state index in [1.807, 2.05) is 32.0 Å². The van der Waals surface area contributed by atoms with Gasteiger partial charge in [0.1, 0.15) is 5.82 Å². The number of allylic oxidation sites excluding steroid dienone is 2. The highest BCUT2D eigenvalue weighted by atomic mass is 15.1. The van der Waals surface area contributed by atoms with E-state index in [1.54, 1.807) is 6.08 Å². The lowest BCUT2D eigenvalue weighted by molar-refractivity contribution is 0.773. The Morgan fingerprint density at radius 1 is 1.50 bits per heavy atom. The Bertz CT molecular complexity index is 582. The molecule has 1 heterocycles. The van der Waals surface area contributed by atoms with Crippen LogP contribution in [0, 0.1) is 19.3 Å². The van der Waals surface area contributed by atoms with Gasteiger partial charge in [0.15, 0.2) is 0 Å². The summed E-state index contributed by atoms with van der Waals surface area (Å²) in [6.45, 7) is 4.85. The average Bonchev–Trinajstić information content (AvgIpc) is 2.56. The number of terminal acetylenes is 1. The van der Waals surface area contributed by atoms with Gasteiger partial charge in [0.05, 0.1) is 11.0 Å². The van der Waals surface area contributed by atoms with Crippen LogP contribution in [0.15, 0.2) is 35.9 Å². The fraction of sp³-hybridized carbons (Fsp3) is 0.214. The topological polar surface area (TPSA) is 17.8 Å². The Morgan fingerprint density at radius 3 is 3.00 bits per heavy atom. The van der Waals surface area contributed by atoms with Gasteiger partial charge in [-0.25, -0.2) is 4.98 Å². The highest BCUT2D eigenvalue weighted by molar-refractivity contribution is 5.75. The number of nitrogens with zero attached hydrogens (tertiary/aromatic N) is 2. The van der Waals surface area contributed by atoms with Gasteiger partial charge in [-0.1, -0.05) is 18.1 Å². The minimum atomic E-state index is 0.802. The second-order valence-electron chi connectivity index (χ2n) is 3.89. The molecule has 0 aliphatic carbocycles. The van der Waals surface area contributed by atoms with Crippen molar-refractivity contribution in [2.75, 3.05) is 0 Å². The molecule has 0 aliphatic heterocycles. The van der Waals surface area contributed by atoms with Crippen LogP contribution in [0.4, 0.5) is 0 Å². The van der Waals surface area contributed by atoms with E-state index in [9.17, 15) is 0 Å². The monoisotopic (exact) mass is 210 g/mol. The number of hydrogen-bond acceptors (Lipinski definition) is 1. The second-order valence-corrected chi connectivity index (χ2v) is 3.89. The van der Waals surface area contributed by atoms with Crippen molar-refractivity contribution in [3.05, 3.63) is 41.7 Å². The normalized spacial score (nSPS) is 11.7. The Morgan fingerprint density at radius 2 is 2.25 bits per heavy atom. The molecular weight excluding hydrogens is 196 g/mol. The fourth-order valence-electron chi connectivity index (χ4n) is 1.83. The largest absolute Gasteiger partial charge is 0.324 e. The van der Waals surface area contributed by atoms with Crippen molar-refractivity contribution in [2.45, 2.75) is 20.4 Å². The molecule has 80 valence electrons. The predicted molar refractivity (Wildman–Crippen MR) is 67.1 cm³/mol. The highest BCUT2D eigenvalue weighted by Crippen LogP contribution is 2.16. The Kier molecular flexibility index (Phi) is 2.78. The molecule has 0 spiro atoms. The molecule has 16 heavy (non-hydrogen) atoms. The van der Waals surface area contributed by atoms with Gasteiger partial charge in [-0.15, -0.1) is 6.42 Å². The van der Waals surface area contributed by atoms with E-state index in [2.05, 4.69) is 21.5 Å². The summed E-state index contributed by atoms with van der Waals surface area (Å²) in [5.41, 5.74) is 3.35. The van der Waals surface area contributed by atoms with Gasteiger partial charge in [-0.2, -0.15) is 0 Å². The van der Waals surface area contributed by atoms with Gasteiger partial charge in [-0.05, 0) is 37.6 Å². The van der Waals surface area contributed by atoms with E-state index >= 15 is 0 Å². The van der Waals surface area contributed by atoms with E-state index in [0.29, 0.717) is 0 Å². The summed E-state index contributed by atoms with van der Waals surface area (Å²) < 4.78 is 2.18.